The minimum atomic E-state index is 0.820. The molecule has 1 aromatic rings. The summed E-state index contributed by atoms with van der Waals surface area (Å²) in [4.78, 5) is 0. The normalized spacial score (nSPS) is 10.5. The molecule has 0 spiro atoms. The van der Waals surface area contributed by atoms with Crippen LogP contribution in [0.15, 0.2) is 18.2 Å². The highest BCUT2D eigenvalue weighted by molar-refractivity contribution is 5.36. The average Bonchev–Trinajstić information content (AvgIpc) is 2.32. The second-order valence-electron chi connectivity index (χ2n) is 4.49. The van der Waals surface area contributed by atoms with Gasteiger partial charge in [-0.2, -0.15) is 0 Å². The molecular formula is C15H25NO. The predicted molar refractivity (Wildman–Crippen MR) is 73.6 cm³/mol. The SMILES string of the molecule is CCCCOc1ccc(C)cc1CNCCC. The number of aryl methyl sites for hydroxylation is 1. The van der Waals surface area contributed by atoms with Crippen molar-refractivity contribution in [2.75, 3.05) is 13.2 Å². The molecule has 0 saturated carbocycles. The molecule has 96 valence electrons. The summed E-state index contributed by atoms with van der Waals surface area (Å²) in [5.74, 6) is 1.03. The molecule has 0 saturated heterocycles. The maximum atomic E-state index is 5.82. The molecule has 1 N–H and O–H groups in total. The van der Waals surface area contributed by atoms with Gasteiger partial charge in [0.1, 0.15) is 5.75 Å². The molecule has 0 aromatic heterocycles. The zero-order valence-electron chi connectivity index (χ0n) is 11.4. The Kier molecular flexibility index (Phi) is 6.71. The fraction of sp³-hybridized carbons (Fsp3) is 0.600. The van der Waals surface area contributed by atoms with Gasteiger partial charge in [-0.15, -0.1) is 0 Å². The standard InChI is InChI=1S/C15H25NO/c1-4-6-10-17-15-8-7-13(3)11-14(15)12-16-9-5-2/h7-8,11,16H,4-6,9-10,12H2,1-3H3. The molecule has 2 nitrogen and oxygen atoms in total. The van der Waals surface area contributed by atoms with Crippen LogP contribution >= 0.6 is 0 Å². The van der Waals surface area contributed by atoms with Gasteiger partial charge in [-0.25, -0.2) is 0 Å². The fourth-order valence-corrected chi connectivity index (χ4v) is 1.71. The van der Waals surface area contributed by atoms with Crippen molar-refractivity contribution in [2.45, 2.75) is 46.6 Å². The summed E-state index contributed by atoms with van der Waals surface area (Å²) < 4.78 is 5.82. The van der Waals surface area contributed by atoms with Crippen LogP contribution in [-0.2, 0) is 6.54 Å². The average molecular weight is 235 g/mol. The molecule has 1 aromatic carbocycles. The lowest BCUT2D eigenvalue weighted by atomic mass is 10.1. The van der Waals surface area contributed by atoms with Gasteiger partial charge in [0, 0.05) is 12.1 Å². The smallest absolute Gasteiger partial charge is 0.123 e. The van der Waals surface area contributed by atoms with Crippen molar-refractivity contribution < 1.29 is 4.74 Å². The second kappa shape index (κ2) is 8.13. The Balaban J connectivity index is 2.59. The molecule has 0 atom stereocenters. The Morgan fingerprint density at radius 1 is 1.18 bits per heavy atom. The Morgan fingerprint density at radius 2 is 2.00 bits per heavy atom. The quantitative estimate of drug-likeness (QED) is 0.694. The molecule has 0 aliphatic carbocycles. The first-order chi connectivity index (χ1) is 8.27. The number of hydrogen-bond acceptors (Lipinski definition) is 2. The van der Waals surface area contributed by atoms with Crippen LogP contribution in [0.3, 0.4) is 0 Å². The highest BCUT2D eigenvalue weighted by Gasteiger charge is 2.03. The van der Waals surface area contributed by atoms with E-state index in [1.54, 1.807) is 0 Å². The van der Waals surface area contributed by atoms with E-state index in [1.807, 2.05) is 0 Å². The Morgan fingerprint density at radius 3 is 2.71 bits per heavy atom. The van der Waals surface area contributed by atoms with Crippen molar-refractivity contribution in [3.8, 4) is 5.75 Å². The zero-order valence-corrected chi connectivity index (χ0v) is 11.4. The maximum Gasteiger partial charge on any atom is 0.123 e. The van der Waals surface area contributed by atoms with Crippen molar-refractivity contribution in [3.63, 3.8) is 0 Å². The van der Waals surface area contributed by atoms with Gasteiger partial charge in [-0.1, -0.05) is 38.0 Å². The monoisotopic (exact) mass is 235 g/mol. The molecule has 0 unspecified atom stereocenters. The van der Waals surface area contributed by atoms with Gasteiger partial charge in [-0.05, 0) is 32.4 Å². The van der Waals surface area contributed by atoms with Crippen molar-refractivity contribution in [1.29, 1.82) is 0 Å². The van der Waals surface area contributed by atoms with E-state index in [-0.39, 0.29) is 0 Å². The van der Waals surface area contributed by atoms with E-state index < -0.39 is 0 Å². The van der Waals surface area contributed by atoms with Crippen molar-refractivity contribution in [1.82, 2.24) is 5.32 Å². The molecule has 1 rings (SSSR count). The molecule has 0 amide bonds. The summed E-state index contributed by atoms with van der Waals surface area (Å²) in [7, 11) is 0. The highest BCUT2D eigenvalue weighted by atomic mass is 16.5. The van der Waals surface area contributed by atoms with Crippen LogP contribution in [0.25, 0.3) is 0 Å². The minimum Gasteiger partial charge on any atom is -0.493 e. The third kappa shape index (κ3) is 5.22. The Labute approximate surface area is 105 Å². The number of hydrogen-bond donors (Lipinski definition) is 1. The summed E-state index contributed by atoms with van der Waals surface area (Å²) in [5, 5.41) is 3.43. The Bertz CT molecular complexity index is 323. The lowest BCUT2D eigenvalue weighted by Gasteiger charge is -2.12. The molecule has 0 aliphatic rings. The van der Waals surface area contributed by atoms with Gasteiger partial charge in [-0.3, -0.25) is 0 Å². The molecule has 0 fully saturated rings. The predicted octanol–water partition coefficient (Wildman–Crippen LogP) is 3.67. The van der Waals surface area contributed by atoms with Crippen LogP contribution in [0.5, 0.6) is 5.75 Å². The minimum absolute atomic E-state index is 0.820. The van der Waals surface area contributed by atoms with Gasteiger partial charge in [0.2, 0.25) is 0 Å². The van der Waals surface area contributed by atoms with Crippen LogP contribution in [0, 0.1) is 6.92 Å². The van der Waals surface area contributed by atoms with E-state index >= 15 is 0 Å². The molecule has 0 heterocycles. The molecule has 2 heteroatoms. The highest BCUT2D eigenvalue weighted by Crippen LogP contribution is 2.20. The number of benzene rings is 1. The molecule has 17 heavy (non-hydrogen) atoms. The number of unbranched alkanes of at least 4 members (excludes halogenated alkanes) is 1. The lowest BCUT2D eigenvalue weighted by molar-refractivity contribution is 0.305. The van der Waals surface area contributed by atoms with E-state index in [4.69, 9.17) is 4.74 Å². The van der Waals surface area contributed by atoms with Crippen LogP contribution in [0.1, 0.15) is 44.2 Å². The third-order valence-electron chi connectivity index (χ3n) is 2.71. The van der Waals surface area contributed by atoms with Crippen molar-refractivity contribution in [3.05, 3.63) is 29.3 Å². The van der Waals surface area contributed by atoms with Gasteiger partial charge >= 0.3 is 0 Å². The first kappa shape index (κ1) is 14.0. The second-order valence-corrected chi connectivity index (χ2v) is 4.49. The van der Waals surface area contributed by atoms with Crippen molar-refractivity contribution in [2.24, 2.45) is 0 Å². The third-order valence-corrected chi connectivity index (χ3v) is 2.71. The lowest BCUT2D eigenvalue weighted by Crippen LogP contribution is -2.15. The first-order valence-corrected chi connectivity index (χ1v) is 6.71. The number of ether oxygens (including phenoxy) is 1. The Hall–Kier alpha value is -1.02. The van der Waals surface area contributed by atoms with E-state index in [0.717, 1.165) is 38.3 Å². The zero-order chi connectivity index (χ0) is 12.5. The summed E-state index contributed by atoms with van der Waals surface area (Å²) in [5.41, 5.74) is 2.57. The number of nitrogens with one attached hydrogen (secondary N) is 1. The maximum absolute atomic E-state index is 5.82. The van der Waals surface area contributed by atoms with Gasteiger partial charge < -0.3 is 10.1 Å². The van der Waals surface area contributed by atoms with E-state index in [1.165, 1.54) is 17.5 Å². The van der Waals surface area contributed by atoms with Gasteiger partial charge in [0.05, 0.1) is 6.61 Å². The largest absolute Gasteiger partial charge is 0.493 e. The molecule has 0 bridgehead atoms. The van der Waals surface area contributed by atoms with E-state index in [9.17, 15) is 0 Å². The van der Waals surface area contributed by atoms with Crippen LogP contribution in [0.4, 0.5) is 0 Å². The summed E-state index contributed by atoms with van der Waals surface area (Å²) in [6, 6.07) is 6.42. The number of rotatable bonds is 8. The van der Waals surface area contributed by atoms with Crippen LogP contribution in [0.2, 0.25) is 0 Å². The van der Waals surface area contributed by atoms with E-state index in [2.05, 4.69) is 44.3 Å². The van der Waals surface area contributed by atoms with Gasteiger partial charge in [0.15, 0.2) is 0 Å². The fourth-order valence-electron chi connectivity index (χ4n) is 1.71. The molecule has 0 aliphatic heterocycles. The first-order valence-electron chi connectivity index (χ1n) is 6.71. The van der Waals surface area contributed by atoms with Gasteiger partial charge in [0.25, 0.3) is 0 Å². The molecule has 0 radical (unpaired) electrons. The van der Waals surface area contributed by atoms with E-state index in [0.29, 0.717) is 0 Å². The summed E-state index contributed by atoms with van der Waals surface area (Å²) in [6.45, 7) is 9.27. The molecular weight excluding hydrogens is 210 g/mol. The summed E-state index contributed by atoms with van der Waals surface area (Å²) >= 11 is 0. The van der Waals surface area contributed by atoms with Crippen LogP contribution in [-0.4, -0.2) is 13.2 Å². The van der Waals surface area contributed by atoms with Crippen LogP contribution < -0.4 is 10.1 Å². The topological polar surface area (TPSA) is 21.3 Å². The summed E-state index contributed by atoms with van der Waals surface area (Å²) in [6.07, 6.45) is 3.46. The van der Waals surface area contributed by atoms with Crippen molar-refractivity contribution >= 4 is 0 Å².